The van der Waals surface area contributed by atoms with Gasteiger partial charge in [-0.1, -0.05) is 22.0 Å². The third kappa shape index (κ3) is 1.81. The van der Waals surface area contributed by atoms with Crippen LogP contribution < -0.4 is 0 Å². The second-order valence-electron chi connectivity index (χ2n) is 3.80. The first-order chi connectivity index (χ1) is 7.04. The summed E-state index contributed by atoms with van der Waals surface area (Å²) >= 11 is 3.29. The summed E-state index contributed by atoms with van der Waals surface area (Å²) in [5.74, 6) is -0.438. The van der Waals surface area contributed by atoms with Crippen molar-refractivity contribution in [1.82, 2.24) is 0 Å². The lowest BCUT2D eigenvalue weighted by atomic mass is 9.91. The normalized spacial score (nSPS) is 24.3. The molecule has 1 aliphatic rings. The highest BCUT2D eigenvalue weighted by atomic mass is 79.9. The molecule has 0 aromatic heterocycles. The number of hydrogen-bond acceptors (Lipinski definition) is 3. The summed E-state index contributed by atoms with van der Waals surface area (Å²) in [6.07, 6.45) is 1.11. The summed E-state index contributed by atoms with van der Waals surface area (Å²) in [5.41, 5.74) is 0.366. The van der Waals surface area contributed by atoms with Gasteiger partial charge >= 0.3 is 5.97 Å². The van der Waals surface area contributed by atoms with E-state index in [2.05, 4.69) is 15.9 Å². The molecule has 0 bridgehead atoms. The molecular formula is C11H9BrO3. The average Bonchev–Trinajstić information content (AvgIpc) is 2.20. The molecule has 0 fully saturated rings. The van der Waals surface area contributed by atoms with E-state index < -0.39 is 11.6 Å². The molecule has 0 saturated carbocycles. The van der Waals surface area contributed by atoms with Crippen molar-refractivity contribution in [3.8, 4) is 0 Å². The van der Waals surface area contributed by atoms with Crippen LogP contribution in [-0.4, -0.2) is 17.9 Å². The fourth-order valence-electron chi connectivity index (χ4n) is 1.64. The molecule has 1 aliphatic heterocycles. The van der Waals surface area contributed by atoms with Crippen LogP contribution >= 0.6 is 15.9 Å². The summed E-state index contributed by atoms with van der Waals surface area (Å²) in [4.78, 5) is 22.4. The van der Waals surface area contributed by atoms with Crippen LogP contribution in [0.15, 0.2) is 22.7 Å². The predicted molar refractivity (Wildman–Crippen MR) is 57.7 cm³/mol. The maximum Gasteiger partial charge on any atom is 0.339 e. The first-order valence-corrected chi connectivity index (χ1v) is 5.31. The van der Waals surface area contributed by atoms with Gasteiger partial charge in [-0.25, -0.2) is 4.79 Å². The van der Waals surface area contributed by atoms with Crippen LogP contribution in [0.3, 0.4) is 0 Å². The molecule has 1 aromatic rings. The van der Waals surface area contributed by atoms with Gasteiger partial charge in [-0.15, -0.1) is 0 Å². The minimum atomic E-state index is -1.02. The second kappa shape index (κ2) is 3.45. The lowest BCUT2D eigenvalue weighted by Gasteiger charge is -2.29. The third-order valence-corrected chi connectivity index (χ3v) is 2.90. The minimum Gasteiger partial charge on any atom is -0.448 e. The summed E-state index contributed by atoms with van der Waals surface area (Å²) < 4.78 is 5.90. The van der Waals surface area contributed by atoms with E-state index in [-0.39, 0.29) is 0 Å². The van der Waals surface area contributed by atoms with Crippen molar-refractivity contribution >= 4 is 28.2 Å². The number of carbonyl (C=O) groups is 2. The number of halogens is 1. The Hall–Kier alpha value is -1.16. The fraction of sp³-hybridized carbons (Fsp3) is 0.273. The number of cyclic esters (lactones) is 1. The Bertz CT molecular complexity index is 441. The van der Waals surface area contributed by atoms with Crippen LogP contribution in [0.1, 0.15) is 22.8 Å². The van der Waals surface area contributed by atoms with Crippen molar-refractivity contribution in [2.24, 2.45) is 0 Å². The summed E-state index contributed by atoms with van der Waals surface area (Å²) in [6, 6.07) is 5.40. The summed E-state index contributed by atoms with van der Waals surface area (Å²) in [5, 5.41) is 0. The van der Waals surface area contributed by atoms with Gasteiger partial charge in [0.2, 0.25) is 0 Å². The minimum absolute atomic E-state index is 0.435. The largest absolute Gasteiger partial charge is 0.448 e. The highest BCUT2D eigenvalue weighted by Crippen LogP contribution is 2.28. The van der Waals surface area contributed by atoms with E-state index in [1.165, 1.54) is 0 Å². The Balaban J connectivity index is 2.50. The number of rotatable bonds is 1. The van der Waals surface area contributed by atoms with E-state index in [0.717, 1.165) is 10.0 Å². The van der Waals surface area contributed by atoms with E-state index in [1.54, 1.807) is 13.0 Å². The molecule has 3 nitrogen and oxygen atoms in total. The zero-order chi connectivity index (χ0) is 11.1. The Labute approximate surface area is 95.6 Å². The van der Waals surface area contributed by atoms with E-state index in [4.69, 9.17) is 4.74 Å². The van der Waals surface area contributed by atoms with Crippen LogP contribution in [0.25, 0.3) is 0 Å². The molecule has 2 rings (SSSR count). The van der Waals surface area contributed by atoms with Crippen molar-refractivity contribution in [3.05, 3.63) is 33.8 Å². The van der Waals surface area contributed by atoms with E-state index in [1.807, 2.05) is 12.1 Å². The molecule has 1 unspecified atom stereocenters. The van der Waals surface area contributed by atoms with Gasteiger partial charge in [0.25, 0.3) is 0 Å². The zero-order valence-electron chi connectivity index (χ0n) is 8.12. The molecule has 0 saturated heterocycles. The molecule has 4 heteroatoms. The van der Waals surface area contributed by atoms with Gasteiger partial charge in [-0.2, -0.15) is 0 Å². The molecule has 1 atom stereocenters. The van der Waals surface area contributed by atoms with Crippen LogP contribution in [0.4, 0.5) is 0 Å². The number of ether oxygens (including phenoxy) is 1. The number of benzene rings is 1. The molecular weight excluding hydrogens is 260 g/mol. The van der Waals surface area contributed by atoms with Gasteiger partial charge in [0.15, 0.2) is 11.9 Å². The molecule has 0 amide bonds. The standard InChI is InChI=1S/C11H9BrO3/c1-11(6-13)5-7-2-3-8(12)4-9(7)10(14)15-11/h2-4,6H,5H2,1H3. The van der Waals surface area contributed by atoms with Crippen molar-refractivity contribution in [2.75, 3.05) is 0 Å². The topological polar surface area (TPSA) is 43.4 Å². The van der Waals surface area contributed by atoms with Crippen LogP contribution in [0.5, 0.6) is 0 Å². The monoisotopic (exact) mass is 268 g/mol. The molecule has 0 N–H and O–H groups in total. The lowest BCUT2D eigenvalue weighted by Crippen LogP contribution is -2.40. The van der Waals surface area contributed by atoms with Crippen LogP contribution in [0.2, 0.25) is 0 Å². The van der Waals surface area contributed by atoms with Crippen LogP contribution in [0, 0.1) is 0 Å². The number of aldehydes is 1. The maximum atomic E-state index is 11.6. The lowest BCUT2D eigenvalue weighted by molar-refractivity contribution is -0.124. The van der Waals surface area contributed by atoms with Crippen molar-refractivity contribution in [1.29, 1.82) is 0 Å². The molecule has 78 valence electrons. The number of esters is 1. The molecule has 1 aromatic carbocycles. The van der Waals surface area contributed by atoms with Crippen LogP contribution in [-0.2, 0) is 16.0 Å². The Morgan fingerprint density at radius 1 is 1.53 bits per heavy atom. The fourth-order valence-corrected chi connectivity index (χ4v) is 2.00. The van der Waals surface area contributed by atoms with Crippen molar-refractivity contribution in [2.45, 2.75) is 18.9 Å². The smallest absolute Gasteiger partial charge is 0.339 e. The molecule has 1 heterocycles. The van der Waals surface area contributed by atoms with Gasteiger partial charge in [-0.3, -0.25) is 4.79 Å². The zero-order valence-corrected chi connectivity index (χ0v) is 9.71. The van der Waals surface area contributed by atoms with E-state index in [9.17, 15) is 9.59 Å². The SMILES string of the molecule is CC1(C=O)Cc2ccc(Br)cc2C(=O)O1. The van der Waals surface area contributed by atoms with E-state index >= 15 is 0 Å². The van der Waals surface area contributed by atoms with Gasteiger partial charge in [-0.05, 0) is 24.6 Å². The molecule has 15 heavy (non-hydrogen) atoms. The Morgan fingerprint density at radius 3 is 2.93 bits per heavy atom. The second-order valence-corrected chi connectivity index (χ2v) is 4.71. The quantitative estimate of drug-likeness (QED) is 0.579. The predicted octanol–water partition coefficient (Wildman–Crippen LogP) is 2.12. The number of hydrogen-bond donors (Lipinski definition) is 0. The summed E-state index contributed by atoms with van der Waals surface area (Å²) in [6.45, 7) is 1.61. The molecule has 0 radical (unpaired) electrons. The van der Waals surface area contributed by atoms with Gasteiger partial charge in [0.05, 0.1) is 5.56 Å². The van der Waals surface area contributed by atoms with Gasteiger partial charge in [0.1, 0.15) is 0 Å². The number of carbonyl (C=O) groups excluding carboxylic acids is 2. The average molecular weight is 269 g/mol. The Morgan fingerprint density at radius 2 is 2.27 bits per heavy atom. The molecule has 0 spiro atoms. The van der Waals surface area contributed by atoms with Crippen molar-refractivity contribution in [3.63, 3.8) is 0 Å². The first-order valence-electron chi connectivity index (χ1n) is 4.52. The molecule has 0 aliphatic carbocycles. The highest BCUT2D eigenvalue weighted by Gasteiger charge is 2.35. The van der Waals surface area contributed by atoms with E-state index in [0.29, 0.717) is 18.3 Å². The van der Waals surface area contributed by atoms with Crippen molar-refractivity contribution < 1.29 is 14.3 Å². The first kappa shape index (κ1) is 10.4. The van der Waals surface area contributed by atoms with Gasteiger partial charge in [0, 0.05) is 10.9 Å². The third-order valence-electron chi connectivity index (χ3n) is 2.41. The highest BCUT2D eigenvalue weighted by molar-refractivity contribution is 9.10. The number of fused-ring (bicyclic) bond motifs is 1. The van der Waals surface area contributed by atoms with Gasteiger partial charge < -0.3 is 4.74 Å². The maximum absolute atomic E-state index is 11.6. The summed E-state index contributed by atoms with van der Waals surface area (Å²) in [7, 11) is 0. The Kier molecular flexibility index (Phi) is 2.38.